The molecular weight excluding hydrogens is 405 g/mol. The van der Waals surface area contributed by atoms with E-state index >= 15 is 4.39 Å². The van der Waals surface area contributed by atoms with E-state index in [1.165, 1.54) is 19.3 Å². The van der Waals surface area contributed by atoms with Crippen LogP contribution in [0.5, 0.6) is 0 Å². The average Bonchev–Trinajstić information content (AvgIpc) is 3.14. The van der Waals surface area contributed by atoms with Gasteiger partial charge in [0.25, 0.3) is 5.91 Å². The van der Waals surface area contributed by atoms with Crippen LogP contribution in [0.4, 0.5) is 4.39 Å². The summed E-state index contributed by atoms with van der Waals surface area (Å²) in [5.41, 5.74) is 1.99. The van der Waals surface area contributed by atoms with E-state index in [2.05, 4.69) is 10.0 Å². The van der Waals surface area contributed by atoms with Crippen molar-refractivity contribution in [3.05, 3.63) is 34.8 Å². The number of halogens is 1. The molecule has 164 valence electrons. The Kier molecular flexibility index (Phi) is 5.66. The molecule has 1 amide bonds. The lowest BCUT2D eigenvalue weighted by Gasteiger charge is -2.28. The summed E-state index contributed by atoms with van der Waals surface area (Å²) >= 11 is 0. The molecule has 2 aliphatic rings. The number of amides is 1. The van der Waals surface area contributed by atoms with Crippen molar-refractivity contribution >= 4 is 26.8 Å². The fourth-order valence-electron chi connectivity index (χ4n) is 5.42. The van der Waals surface area contributed by atoms with Gasteiger partial charge in [-0.15, -0.1) is 0 Å². The van der Waals surface area contributed by atoms with Crippen LogP contribution in [0.2, 0.25) is 0 Å². The van der Waals surface area contributed by atoms with Crippen molar-refractivity contribution in [3.8, 4) is 0 Å². The molecule has 4 rings (SSSR count). The summed E-state index contributed by atoms with van der Waals surface area (Å²) in [6.07, 6.45) is 6.93. The monoisotopic (exact) mass is 435 g/mol. The van der Waals surface area contributed by atoms with Gasteiger partial charge >= 0.3 is 0 Å². The van der Waals surface area contributed by atoms with E-state index in [4.69, 9.17) is 0 Å². The Morgan fingerprint density at radius 1 is 1.17 bits per heavy atom. The van der Waals surface area contributed by atoms with E-state index in [1.54, 1.807) is 30.5 Å². The maximum absolute atomic E-state index is 15.1. The molecule has 6 nitrogen and oxygen atoms in total. The van der Waals surface area contributed by atoms with Crippen molar-refractivity contribution in [3.63, 3.8) is 0 Å². The third-order valence-electron chi connectivity index (χ3n) is 6.76. The van der Waals surface area contributed by atoms with Crippen LogP contribution < -0.4 is 10.0 Å². The quantitative estimate of drug-likeness (QED) is 0.731. The first-order valence-electron chi connectivity index (χ1n) is 10.7. The zero-order valence-corrected chi connectivity index (χ0v) is 18.6. The van der Waals surface area contributed by atoms with Crippen LogP contribution in [0, 0.1) is 31.5 Å². The Labute approximate surface area is 177 Å². The zero-order valence-electron chi connectivity index (χ0n) is 17.8. The largest absolute Gasteiger partial charge is 0.349 e. The highest BCUT2D eigenvalue weighted by Gasteiger charge is 2.35. The number of rotatable bonds is 6. The van der Waals surface area contributed by atoms with Crippen molar-refractivity contribution in [2.24, 2.45) is 11.8 Å². The van der Waals surface area contributed by atoms with E-state index in [9.17, 15) is 13.2 Å². The number of hydrogen-bond donors (Lipinski definition) is 2. The molecule has 1 aromatic heterocycles. The molecule has 1 aromatic carbocycles. The van der Waals surface area contributed by atoms with Crippen LogP contribution in [-0.4, -0.2) is 37.7 Å². The molecule has 0 radical (unpaired) electrons. The number of nitrogens with zero attached hydrogens (tertiary/aromatic N) is 1. The molecular formula is C22H30FN3O3S. The van der Waals surface area contributed by atoms with E-state index < -0.39 is 10.0 Å². The second-order valence-electron chi connectivity index (χ2n) is 9.06. The van der Waals surface area contributed by atoms with Gasteiger partial charge in [0.1, 0.15) is 5.82 Å². The highest BCUT2D eigenvalue weighted by Crippen LogP contribution is 2.42. The van der Waals surface area contributed by atoms with Crippen molar-refractivity contribution in [1.29, 1.82) is 0 Å². The lowest BCUT2D eigenvalue weighted by atomic mass is 9.85. The molecule has 0 saturated heterocycles. The van der Waals surface area contributed by atoms with Crippen LogP contribution in [0.1, 0.15) is 53.7 Å². The topological polar surface area (TPSA) is 80.2 Å². The molecule has 2 bridgehead atoms. The molecule has 2 unspecified atom stereocenters. The predicted molar refractivity (Wildman–Crippen MR) is 116 cm³/mol. The highest BCUT2D eigenvalue weighted by atomic mass is 32.2. The minimum Gasteiger partial charge on any atom is -0.349 e. The van der Waals surface area contributed by atoms with Gasteiger partial charge in [0.15, 0.2) is 0 Å². The van der Waals surface area contributed by atoms with Crippen LogP contribution in [0.25, 0.3) is 10.9 Å². The van der Waals surface area contributed by atoms with E-state index in [0.717, 1.165) is 19.1 Å². The number of benzene rings is 1. The number of carbonyl (C=O) groups excluding carboxylic acids is 1. The number of fused-ring (bicyclic) bond motifs is 3. The van der Waals surface area contributed by atoms with Crippen molar-refractivity contribution in [2.45, 2.75) is 58.5 Å². The van der Waals surface area contributed by atoms with Gasteiger partial charge in [-0.3, -0.25) is 4.79 Å². The Hall–Kier alpha value is -1.93. The van der Waals surface area contributed by atoms with Gasteiger partial charge in [-0.25, -0.2) is 17.5 Å². The summed E-state index contributed by atoms with van der Waals surface area (Å²) in [6.45, 7) is 3.86. The smallest absolute Gasteiger partial charge is 0.253 e. The van der Waals surface area contributed by atoms with E-state index in [1.807, 2.05) is 0 Å². The number of hydrogen-bond acceptors (Lipinski definition) is 3. The summed E-state index contributed by atoms with van der Waals surface area (Å²) in [7, 11) is -3.35. The van der Waals surface area contributed by atoms with E-state index in [0.29, 0.717) is 39.6 Å². The standard InChI is InChI=1S/C22H30FN3O3S/c1-13-4-7-18-19(22(27)25-17-11-15-5-6-16(10-15)12-17)14(2)26(21(18)20(13)23)9-8-24-30(3,28)29/h4,7,15-17,24H,5-6,8-12H2,1-3H3,(H,25,27). The summed E-state index contributed by atoms with van der Waals surface area (Å²) in [4.78, 5) is 13.3. The van der Waals surface area contributed by atoms with Crippen LogP contribution in [0.15, 0.2) is 12.1 Å². The van der Waals surface area contributed by atoms with Crippen molar-refractivity contribution in [2.75, 3.05) is 12.8 Å². The predicted octanol–water partition coefficient (Wildman–Crippen LogP) is 3.25. The molecule has 2 aliphatic carbocycles. The second kappa shape index (κ2) is 7.96. The molecule has 2 aromatic rings. The first kappa shape index (κ1) is 21.3. The summed E-state index contributed by atoms with van der Waals surface area (Å²) in [5, 5.41) is 3.79. The summed E-state index contributed by atoms with van der Waals surface area (Å²) in [5.74, 6) is 0.879. The first-order chi connectivity index (χ1) is 14.1. The Bertz CT molecular complexity index is 1080. The number of aromatic nitrogens is 1. The van der Waals surface area contributed by atoms with Gasteiger partial charge in [-0.2, -0.15) is 0 Å². The first-order valence-corrected chi connectivity index (χ1v) is 12.6. The summed E-state index contributed by atoms with van der Waals surface area (Å²) in [6, 6.07) is 3.65. The zero-order chi connectivity index (χ0) is 21.6. The SMILES string of the molecule is Cc1ccc2c(C(=O)NC3CC4CCC(C4)C3)c(C)n(CCNS(C)(=O)=O)c2c1F. The molecule has 30 heavy (non-hydrogen) atoms. The van der Waals surface area contributed by atoms with Gasteiger partial charge in [-0.1, -0.05) is 25.0 Å². The van der Waals surface area contributed by atoms with E-state index in [-0.39, 0.29) is 30.9 Å². The Morgan fingerprint density at radius 3 is 2.47 bits per heavy atom. The molecule has 2 N–H and O–H groups in total. The van der Waals surface area contributed by atoms with Crippen molar-refractivity contribution < 1.29 is 17.6 Å². The second-order valence-corrected chi connectivity index (χ2v) is 10.9. The molecule has 0 spiro atoms. The van der Waals surface area contributed by atoms with Gasteiger partial charge < -0.3 is 9.88 Å². The van der Waals surface area contributed by atoms with Gasteiger partial charge in [0.2, 0.25) is 10.0 Å². The molecule has 0 aliphatic heterocycles. The minimum atomic E-state index is -3.35. The molecule has 2 atom stereocenters. The van der Waals surface area contributed by atoms with Crippen LogP contribution >= 0.6 is 0 Å². The Morgan fingerprint density at radius 2 is 1.83 bits per heavy atom. The molecule has 2 saturated carbocycles. The maximum Gasteiger partial charge on any atom is 0.253 e. The third-order valence-corrected chi connectivity index (χ3v) is 7.49. The molecule has 1 heterocycles. The maximum atomic E-state index is 15.1. The highest BCUT2D eigenvalue weighted by molar-refractivity contribution is 7.88. The average molecular weight is 436 g/mol. The van der Waals surface area contributed by atoms with Crippen LogP contribution in [0.3, 0.4) is 0 Å². The van der Waals surface area contributed by atoms with Gasteiger partial charge in [0, 0.05) is 30.2 Å². The van der Waals surface area contributed by atoms with Crippen molar-refractivity contribution in [1.82, 2.24) is 14.6 Å². The number of carbonyl (C=O) groups is 1. The number of nitrogens with one attached hydrogen (secondary N) is 2. The third kappa shape index (κ3) is 4.12. The summed E-state index contributed by atoms with van der Waals surface area (Å²) < 4.78 is 42.1. The lowest BCUT2D eigenvalue weighted by molar-refractivity contribution is 0.0919. The molecule has 2 fully saturated rings. The number of aryl methyl sites for hydroxylation is 1. The van der Waals surface area contributed by atoms with Gasteiger partial charge in [-0.05, 0) is 50.5 Å². The Balaban J connectivity index is 1.66. The normalized spacial score (nSPS) is 23.8. The number of sulfonamides is 1. The lowest BCUT2D eigenvalue weighted by Crippen LogP contribution is -2.39. The minimum absolute atomic E-state index is 0.129. The fraction of sp³-hybridized carbons (Fsp3) is 0.591. The fourth-order valence-corrected chi connectivity index (χ4v) is 5.88. The van der Waals surface area contributed by atoms with Crippen LogP contribution in [-0.2, 0) is 16.6 Å². The molecule has 8 heteroatoms. The van der Waals surface area contributed by atoms with Gasteiger partial charge in [0.05, 0.1) is 17.3 Å².